The highest BCUT2D eigenvalue weighted by Gasteiger charge is 2.19. The fourth-order valence-corrected chi connectivity index (χ4v) is 5.33. The van der Waals surface area contributed by atoms with E-state index in [0.717, 1.165) is 42.3 Å². The van der Waals surface area contributed by atoms with Gasteiger partial charge in [0.1, 0.15) is 5.76 Å². The van der Waals surface area contributed by atoms with Crippen molar-refractivity contribution in [1.29, 1.82) is 0 Å². The van der Waals surface area contributed by atoms with Crippen LogP contribution in [0.4, 0.5) is 5.69 Å². The number of amides is 2. The molecule has 0 bridgehead atoms. The van der Waals surface area contributed by atoms with E-state index in [1.54, 1.807) is 36.6 Å². The van der Waals surface area contributed by atoms with Crippen LogP contribution in [0.15, 0.2) is 75.2 Å². The Morgan fingerprint density at radius 3 is 2.79 bits per heavy atom. The van der Waals surface area contributed by atoms with Gasteiger partial charge in [0.05, 0.1) is 35.6 Å². The number of furan rings is 1. The van der Waals surface area contributed by atoms with Crippen LogP contribution in [0.1, 0.15) is 41.4 Å². The van der Waals surface area contributed by atoms with Crippen molar-refractivity contribution in [2.24, 2.45) is 0 Å². The zero-order chi connectivity index (χ0) is 27.2. The van der Waals surface area contributed by atoms with Gasteiger partial charge in [-0.3, -0.25) is 19.0 Å². The molecule has 9 nitrogen and oxygen atoms in total. The minimum absolute atomic E-state index is 0.0276. The zero-order valence-corrected chi connectivity index (χ0v) is 22.5. The molecule has 1 fully saturated rings. The highest BCUT2D eigenvalue weighted by atomic mass is 32.2. The third-order valence-corrected chi connectivity index (χ3v) is 7.57. The third-order valence-electron chi connectivity index (χ3n) is 6.60. The Bertz CT molecular complexity index is 1530. The summed E-state index contributed by atoms with van der Waals surface area (Å²) in [6.07, 6.45) is 4.28. The van der Waals surface area contributed by atoms with E-state index >= 15 is 0 Å². The number of fused-ring (bicyclic) bond motifs is 1. The maximum absolute atomic E-state index is 13.5. The molecule has 5 rings (SSSR count). The molecule has 10 heteroatoms. The third kappa shape index (κ3) is 6.40. The van der Waals surface area contributed by atoms with E-state index in [0.29, 0.717) is 40.5 Å². The average molecular weight is 547 g/mol. The summed E-state index contributed by atoms with van der Waals surface area (Å²) in [5.41, 5.74) is 2.33. The van der Waals surface area contributed by atoms with Crippen molar-refractivity contribution in [3.63, 3.8) is 0 Å². The predicted octanol–water partition coefficient (Wildman–Crippen LogP) is 4.24. The van der Waals surface area contributed by atoms with Gasteiger partial charge in [-0.15, -0.1) is 0 Å². The lowest BCUT2D eigenvalue weighted by atomic mass is 10.1. The number of anilines is 1. The maximum Gasteiger partial charge on any atom is 0.262 e. The predicted molar refractivity (Wildman–Crippen MR) is 150 cm³/mol. The topological polar surface area (TPSA) is 115 Å². The fourth-order valence-electron chi connectivity index (χ4n) is 4.53. The first kappa shape index (κ1) is 26.7. The molecule has 0 unspecified atom stereocenters. The molecule has 1 aliphatic rings. The average Bonchev–Trinajstić information content (AvgIpc) is 3.67. The monoisotopic (exact) mass is 546 g/mol. The van der Waals surface area contributed by atoms with Crippen LogP contribution in [0.25, 0.3) is 10.9 Å². The Labute approximate surface area is 230 Å². The van der Waals surface area contributed by atoms with Crippen molar-refractivity contribution >= 4 is 40.2 Å². The van der Waals surface area contributed by atoms with E-state index in [4.69, 9.17) is 14.1 Å². The molecule has 0 radical (unpaired) electrons. The molecule has 2 aromatic heterocycles. The van der Waals surface area contributed by atoms with Crippen molar-refractivity contribution in [2.45, 2.75) is 44.0 Å². The summed E-state index contributed by atoms with van der Waals surface area (Å²) in [6.45, 7) is 3.35. The SMILES string of the molecule is CCc1ccccc1NC(=O)CSc1nc2cc(C(=O)NC[C@@H]3CCCO3)ccc2c(=O)n1Cc1ccco1. The largest absolute Gasteiger partial charge is 0.467 e. The molecule has 2 amide bonds. The number of thioether (sulfide) groups is 1. The van der Waals surface area contributed by atoms with Gasteiger partial charge in [-0.25, -0.2) is 4.98 Å². The molecular weight excluding hydrogens is 516 g/mol. The number of rotatable bonds is 10. The number of benzene rings is 2. The lowest BCUT2D eigenvalue weighted by molar-refractivity contribution is -0.113. The summed E-state index contributed by atoms with van der Waals surface area (Å²) in [6, 6.07) is 16.0. The maximum atomic E-state index is 13.5. The quantitative estimate of drug-likeness (QED) is 0.226. The van der Waals surface area contributed by atoms with Gasteiger partial charge in [0.15, 0.2) is 5.16 Å². The van der Waals surface area contributed by atoms with E-state index in [1.807, 2.05) is 31.2 Å². The van der Waals surface area contributed by atoms with Gasteiger partial charge in [-0.1, -0.05) is 36.9 Å². The highest BCUT2D eigenvalue weighted by Crippen LogP contribution is 2.22. The lowest BCUT2D eigenvalue weighted by Crippen LogP contribution is -2.31. The Balaban J connectivity index is 1.39. The second kappa shape index (κ2) is 12.3. The number of carbonyl (C=O) groups is 2. The number of hydrogen-bond donors (Lipinski definition) is 2. The van der Waals surface area contributed by atoms with E-state index < -0.39 is 0 Å². The molecule has 0 spiro atoms. The molecule has 39 heavy (non-hydrogen) atoms. The van der Waals surface area contributed by atoms with Crippen LogP contribution in [0.3, 0.4) is 0 Å². The minimum Gasteiger partial charge on any atom is -0.467 e. The van der Waals surface area contributed by atoms with Gasteiger partial charge >= 0.3 is 0 Å². The zero-order valence-electron chi connectivity index (χ0n) is 21.6. The standard InChI is InChI=1S/C29H30N4O5S/c1-2-19-7-3-4-10-24(19)31-26(34)18-39-29-32-25-15-20(27(35)30-16-21-8-5-13-37-21)11-12-23(25)28(36)33(29)17-22-9-6-14-38-22/h3-4,6-7,9-12,14-15,21H,2,5,8,13,16-18H2,1H3,(H,30,35)(H,31,34)/t21-/m0/s1. The number of aryl methyl sites for hydroxylation is 1. The Morgan fingerprint density at radius 2 is 2.03 bits per heavy atom. The van der Waals surface area contributed by atoms with Gasteiger partial charge < -0.3 is 19.8 Å². The summed E-state index contributed by atoms with van der Waals surface area (Å²) in [5, 5.41) is 6.59. The lowest BCUT2D eigenvalue weighted by Gasteiger charge is -2.14. The van der Waals surface area contributed by atoms with E-state index in [2.05, 4.69) is 10.6 Å². The van der Waals surface area contributed by atoms with Crippen molar-refractivity contribution in [3.05, 3.63) is 88.1 Å². The van der Waals surface area contributed by atoms with Crippen LogP contribution in [0.5, 0.6) is 0 Å². The Hall–Kier alpha value is -3.89. The van der Waals surface area contributed by atoms with Crippen LogP contribution in [0.2, 0.25) is 0 Å². The molecule has 0 saturated carbocycles. The van der Waals surface area contributed by atoms with Crippen LogP contribution in [-0.4, -0.2) is 46.4 Å². The van der Waals surface area contributed by atoms with Crippen LogP contribution < -0.4 is 16.2 Å². The summed E-state index contributed by atoms with van der Waals surface area (Å²) in [5.74, 6) is 0.182. The summed E-state index contributed by atoms with van der Waals surface area (Å²) in [7, 11) is 0. The van der Waals surface area contributed by atoms with Gasteiger partial charge in [-0.2, -0.15) is 0 Å². The van der Waals surface area contributed by atoms with Gasteiger partial charge in [0, 0.05) is 24.4 Å². The van der Waals surface area contributed by atoms with E-state index in [1.165, 1.54) is 4.57 Å². The van der Waals surface area contributed by atoms with Crippen LogP contribution in [0, 0.1) is 0 Å². The first-order valence-electron chi connectivity index (χ1n) is 13.0. The van der Waals surface area contributed by atoms with E-state index in [-0.39, 0.29) is 35.8 Å². The van der Waals surface area contributed by atoms with Crippen molar-refractivity contribution in [1.82, 2.24) is 14.9 Å². The normalized spacial score (nSPS) is 14.9. The summed E-state index contributed by atoms with van der Waals surface area (Å²) < 4.78 is 12.5. The molecular formula is C29H30N4O5S. The first-order chi connectivity index (χ1) is 19.0. The highest BCUT2D eigenvalue weighted by molar-refractivity contribution is 7.99. The number of carbonyl (C=O) groups excluding carboxylic acids is 2. The molecule has 1 aliphatic heterocycles. The second-order valence-corrected chi connectivity index (χ2v) is 10.2. The van der Waals surface area contributed by atoms with Gasteiger partial charge in [0.25, 0.3) is 11.5 Å². The Morgan fingerprint density at radius 1 is 1.15 bits per heavy atom. The number of nitrogens with zero attached hydrogens (tertiary/aromatic N) is 2. The summed E-state index contributed by atoms with van der Waals surface area (Å²) in [4.78, 5) is 43.8. The first-order valence-corrected chi connectivity index (χ1v) is 14.0. The molecule has 1 atom stereocenters. The number of para-hydroxylation sites is 1. The van der Waals surface area contributed by atoms with Gasteiger partial charge in [-0.05, 0) is 61.2 Å². The number of ether oxygens (including phenoxy) is 1. The van der Waals surface area contributed by atoms with Crippen molar-refractivity contribution in [3.8, 4) is 0 Å². The molecule has 2 aromatic carbocycles. The van der Waals surface area contributed by atoms with Crippen molar-refractivity contribution < 1.29 is 18.7 Å². The van der Waals surface area contributed by atoms with Crippen LogP contribution in [-0.2, 0) is 22.5 Å². The van der Waals surface area contributed by atoms with Crippen LogP contribution >= 0.6 is 11.8 Å². The molecule has 3 heterocycles. The number of nitrogens with one attached hydrogen (secondary N) is 2. The van der Waals surface area contributed by atoms with E-state index in [9.17, 15) is 14.4 Å². The minimum atomic E-state index is -0.276. The molecule has 2 N–H and O–H groups in total. The Kier molecular flexibility index (Phi) is 8.43. The molecule has 4 aromatic rings. The molecule has 1 saturated heterocycles. The molecule has 0 aliphatic carbocycles. The summed E-state index contributed by atoms with van der Waals surface area (Å²) >= 11 is 1.16. The molecule has 202 valence electrons. The fraction of sp³-hybridized carbons (Fsp3) is 0.310. The van der Waals surface area contributed by atoms with Crippen molar-refractivity contribution in [2.75, 3.05) is 24.2 Å². The number of aromatic nitrogens is 2. The van der Waals surface area contributed by atoms with Gasteiger partial charge in [0.2, 0.25) is 5.91 Å². The second-order valence-electron chi connectivity index (χ2n) is 9.29. The smallest absolute Gasteiger partial charge is 0.262 e. The number of hydrogen-bond acceptors (Lipinski definition) is 7.